The van der Waals surface area contributed by atoms with E-state index in [9.17, 15) is 14.7 Å². The molecule has 0 bridgehead atoms. The molecular formula is C23H26N2O4. The smallest absolute Gasteiger partial charge is 0.244 e. The maximum atomic E-state index is 12.5. The molecule has 0 aliphatic heterocycles. The van der Waals surface area contributed by atoms with Crippen LogP contribution in [0.3, 0.4) is 0 Å². The Morgan fingerprint density at radius 2 is 1.83 bits per heavy atom. The second-order valence-corrected chi connectivity index (χ2v) is 7.16. The van der Waals surface area contributed by atoms with E-state index in [1.807, 2.05) is 54.6 Å². The Morgan fingerprint density at radius 1 is 1.10 bits per heavy atom. The van der Waals surface area contributed by atoms with E-state index in [1.165, 1.54) is 6.08 Å². The van der Waals surface area contributed by atoms with Crippen LogP contribution in [0, 0.1) is 5.92 Å². The topological polar surface area (TPSA) is 87.7 Å². The summed E-state index contributed by atoms with van der Waals surface area (Å²) < 4.78 is 5.12. The zero-order valence-electron chi connectivity index (χ0n) is 16.4. The first-order chi connectivity index (χ1) is 14.0. The molecule has 0 saturated heterocycles. The Hall–Kier alpha value is -3.12. The van der Waals surface area contributed by atoms with Gasteiger partial charge >= 0.3 is 0 Å². The quantitative estimate of drug-likeness (QED) is 0.629. The number of ether oxygens (including phenoxy) is 1. The van der Waals surface area contributed by atoms with Crippen LogP contribution in [0.2, 0.25) is 0 Å². The van der Waals surface area contributed by atoms with Crippen molar-refractivity contribution in [1.82, 2.24) is 10.6 Å². The summed E-state index contributed by atoms with van der Waals surface area (Å²) in [4.78, 5) is 24.6. The minimum Gasteiger partial charge on any atom is -0.497 e. The predicted octanol–water partition coefficient (Wildman–Crippen LogP) is 2.28. The molecule has 1 fully saturated rings. The molecule has 2 amide bonds. The number of hydrogen-bond donors (Lipinski definition) is 3. The summed E-state index contributed by atoms with van der Waals surface area (Å²) in [6.07, 6.45) is 3.18. The Balaban J connectivity index is 1.47. The second-order valence-electron chi connectivity index (χ2n) is 7.16. The number of carbonyl (C=O) groups is 2. The monoisotopic (exact) mass is 394 g/mol. The van der Waals surface area contributed by atoms with Crippen LogP contribution in [-0.2, 0) is 16.1 Å². The molecule has 2 aromatic rings. The minimum absolute atomic E-state index is 0.114. The van der Waals surface area contributed by atoms with Crippen LogP contribution in [0.1, 0.15) is 24.0 Å². The van der Waals surface area contributed by atoms with Crippen molar-refractivity contribution in [3.63, 3.8) is 0 Å². The van der Waals surface area contributed by atoms with Crippen molar-refractivity contribution >= 4 is 17.9 Å². The van der Waals surface area contributed by atoms with Gasteiger partial charge in [0.25, 0.3) is 0 Å². The zero-order chi connectivity index (χ0) is 20.6. The maximum absolute atomic E-state index is 12.5. The van der Waals surface area contributed by atoms with Gasteiger partial charge < -0.3 is 20.5 Å². The number of nitrogens with one attached hydrogen (secondary N) is 2. The van der Waals surface area contributed by atoms with Crippen LogP contribution >= 0.6 is 0 Å². The van der Waals surface area contributed by atoms with Gasteiger partial charge in [0.2, 0.25) is 11.8 Å². The highest BCUT2D eigenvalue weighted by Crippen LogP contribution is 2.26. The lowest BCUT2D eigenvalue weighted by Gasteiger charge is -2.15. The standard InChI is InChI=1S/C23H26N2O4/c1-29-19-10-7-17(8-11-19)15-24-23(28)18-13-20(21(26)14-18)25-22(27)12-9-16-5-3-2-4-6-16/h2-12,18,20-21,26H,13-15H2,1H3,(H,24,28)(H,25,27)/t18-,20-,21-/m0/s1. The number of hydrogen-bond acceptors (Lipinski definition) is 4. The molecule has 0 unspecified atom stereocenters. The van der Waals surface area contributed by atoms with Gasteiger partial charge in [0, 0.05) is 18.5 Å². The number of amides is 2. The first kappa shape index (κ1) is 20.6. The third kappa shape index (κ3) is 5.93. The van der Waals surface area contributed by atoms with Crippen molar-refractivity contribution in [2.75, 3.05) is 7.11 Å². The summed E-state index contributed by atoms with van der Waals surface area (Å²) in [6, 6.07) is 16.5. The minimum atomic E-state index is -0.735. The van der Waals surface area contributed by atoms with Gasteiger partial charge in [-0.3, -0.25) is 9.59 Å². The number of rotatable bonds is 7. The first-order valence-corrected chi connectivity index (χ1v) is 9.67. The Labute approximate surface area is 170 Å². The molecule has 0 aromatic heterocycles. The molecule has 1 saturated carbocycles. The highest BCUT2D eigenvalue weighted by Gasteiger charge is 2.37. The molecular weight excluding hydrogens is 368 g/mol. The molecule has 152 valence electrons. The molecule has 6 nitrogen and oxygen atoms in total. The van der Waals surface area contributed by atoms with E-state index in [4.69, 9.17) is 4.74 Å². The molecule has 2 aromatic carbocycles. The second kappa shape index (κ2) is 9.89. The van der Waals surface area contributed by atoms with E-state index >= 15 is 0 Å². The summed E-state index contributed by atoms with van der Waals surface area (Å²) >= 11 is 0. The van der Waals surface area contributed by atoms with Gasteiger partial charge in [-0.15, -0.1) is 0 Å². The lowest BCUT2D eigenvalue weighted by Crippen LogP contribution is -2.39. The number of methoxy groups -OCH3 is 1. The number of aliphatic hydroxyl groups is 1. The molecule has 0 heterocycles. The molecule has 6 heteroatoms. The summed E-state index contributed by atoms with van der Waals surface area (Å²) in [5.41, 5.74) is 1.89. The normalized spacial score (nSPS) is 21.1. The van der Waals surface area contributed by atoms with Crippen LogP contribution in [0.4, 0.5) is 0 Å². The van der Waals surface area contributed by atoms with Gasteiger partial charge in [-0.1, -0.05) is 42.5 Å². The summed E-state index contributed by atoms with van der Waals surface area (Å²) in [5.74, 6) is 0.0409. The first-order valence-electron chi connectivity index (χ1n) is 9.67. The van der Waals surface area contributed by atoms with Gasteiger partial charge in [0.05, 0.1) is 19.3 Å². The molecule has 1 aliphatic rings. The van der Waals surface area contributed by atoms with E-state index in [0.29, 0.717) is 19.4 Å². The molecule has 0 radical (unpaired) electrons. The molecule has 0 spiro atoms. The highest BCUT2D eigenvalue weighted by atomic mass is 16.5. The fourth-order valence-electron chi connectivity index (χ4n) is 3.43. The van der Waals surface area contributed by atoms with E-state index < -0.39 is 12.1 Å². The van der Waals surface area contributed by atoms with Crippen molar-refractivity contribution in [1.29, 1.82) is 0 Å². The molecule has 3 atom stereocenters. The maximum Gasteiger partial charge on any atom is 0.244 e. The zero-order valence-corrected chi connectivity index (χ0v) is 16.4. The average Bonchev–Trinajstić information content (AvgIpc) is 3.12. The molecule has 29 heavy (non-hydrogen) atoms. The fourth-order valence-corrected chi connectivity index (χ4v) is 3.43. The van der Waals surface area contributed by atoms with Gasteiger partial charge in [-0.05, 0) is 42.2 Å². The predicted molar refractivity (Wildman–Crippen MR) is 111 cm³/mol. The van der Waals surface area contributed by atoms with E-state index in [-0.39, 0.29) is 17.7 Å². The van der Waals surface area contributed by atoms with Gasteiger partial charge in [0.1, 0.15) is 5.75 Å². The van der Waals surface area contributed by atoms with Crippen LogP contribution < -0.4 is 15.4 Å². The Kier molecular flexibility index (Phi) is 7.03. The lowest BCUT2D eigenvalue weighted by atomic mass is 10.1. The summed E-state index contributed by atoms with van der Waals surface area (Å²) in [7, 11) is 1.61. The van der Waals surface area contributed by atoms with Crippen molar-refractivity contribution < 1.29 is 19.4 Å². The summed E-state index contributed by atoms with van der Waals surface area (Å²) in [6.45, 7) is 0.409. The number of benzene rings is 2. The van der Waals surface area contributed by atoms with Crippen LogP contribution in [0.5, 0.6) is 5.75 Å². The van der Waals surface area contributed by atoms with Crippen LogP contribution in [0.15, 0.2) is 60.7 Å². The third-order valence-corrected chi connectivity index (χ3v) is 5.08. The largest absolute Gasteiger partial charge is 0.497 e. The lowest BCUT2D eigenvalue weighted by molar-refractivity contribution is -0.125. The SMILES string of the molecule is COc1ccc(CNC(=O)[C@H]2C[C@H](NC(=O)C=Cc3ccccc3)[C@@H](O)C2)cc1. The average molecular weight is 394 g/mol. The van der Waals surface area contributed by atoms with Crippen LogP contribution in [-0.4, -0.2) is 36.2 Å². The van der Waals surface area contributed by atoms with Crippen molar-refractivity contribution in [2.45, 2.75) is 31.5 Å². The fraction of sp³-hybridized carbons (Fsp3) is 0.304. The molecule has 3 N–H and O–H groups in total. The van der Waals surface area contributed by atoms with Crippen molar-refractivity contribution in [2.24, 2.45) is 5.92 Å². The molecule has 1 aliphatic carbocycles. The Morgan fingerprint density at radius 3 is 2.52 bits per heavy atom. The summed E-state index contributed by atoms with van der Waals surface area (Å²) in [5, 5.41) is 16.0. The van der Waals surface area contributed by atoms with Crippen molar-refractivity contribution in [3.8, 4) is 5.75 Å². The van der Waals surface area contributed by atoms with Gasteiger partial charge in [-0.25, -0.2) is 0 Å². The van der Waals surface area contributed by atoms with Gasteiger partial charge in [-0.2, -0.15) is 0 Å². The van der Waals surface area contributed by atoms with E-state index in [0.717, 1.165) is 16.9 Å². The third-order valence-electron chi connectivity index (χ3n) is 5.08. The highest BCUT2D eigenvalue weighted by molar-refractivity contribution is 5.92. The Bertz CT molecular complexity index is 849. The van der Waals surface area contributed by atoms with Crippen molar-refractivity contribution in [3.05, 3.63) is 71.8 Å². The molecule has 3 rings (SSSR count). The van der Waals surface area contributed by atoms with Gasteiger partial charge in [0.15, 0.2) is 0 Å². The van der Waals surface area contributed by atoms with Crippen LogP contribution in [0.25, 0.3) is 6.08 Å². The van der Waals surface area contributed by atoms with E-state index in [1.54, 1.807) is 13.2 Å². The van der Waals surface area contributed by atoms with E-state index in [2.05, 4.69) is 10.6 Å². The number of carbonyl (C=O) groups excluding carboxylic acids is 2. The number of aliphatic hydroxyl groups excluding tert-OH is 1.